The maximum Gasteiger partial charge on any atom is 0.330 e. The Balaban J connectivity index is 2.05. The zero-order chi connectivity index (χ0) is 13.3. The van der Waals surface area contributed by atoms with Gasteiger partial charge in [0, 0.05) is 18.8 Å². The van der Waals surface area contributed by atoms with Crippen molar-refractivity contribution in [2.24, 2.45) is 0 Å². The fourth-order valence-electron chi connectivity index (χ4n) is 1.84. The molecule has 5 nitrogen and oxygen atoms in total. The molecule has 1 atom stereocenters. The number of aryl methyl sites for hydroxylation is 1. The molecule has 0 spiro atoms. The second kappa shape index (κ2) is 4.68. The van der Waals surface area contributed by atoms with Gasteiger partial charge in [0.15, 0.2) is 0 Å². The number of imide groups is 1. The molecule has 18 heavy (non-hydrogen) atoms. The molecule has 0 bridgehead atoms. The Morgan fingerprint density at radius 1 is 1.33 bits per heavy atom. The maximum atomic E-state index is 12.0. The highest BCUT2D eigenvalue weighted by molar-refractivity contribution is 6.01. The fraction of sp³-hybridized carbons (Fsp3) is 0.385. The van der Waals surface area contributed by atoms with Gasteiger partial charge in [-0.3, -0.25) is 0 Å². The Labute approximate surface area is 106 Å². The first-order chi connectivity index (χ1) is 8.49. The zero-order valence-corrected chi connectivity index (χ0v) is 10.8. The lowest BCUT2D eigenvalue weighted by atomic mass is 10.2. The van der Waals surface area contributed by atoms with Crippen molar-refractivity contribution in [2.45, 2.75) is 19.9 Å². The Morgan fingerprint density at radius 2 is 1.94 bits per heavy atom. The molecule has 0 radical (unpaired) electrons. The van der Waals surface area contributed by atoms with Gasteiger partial charge in [-0.15, -0.1) is 0 Å². The Bertz CT molecular complexity index is 470. The standard InChI is InChI=1S/C13H17N3O2/c1-9-4-6-11(7-5-9)14-12(17)16-8-10(2)15(3)13(16)18/h4-7,10H,8H2,1-3H3,(H,14,17). The van der Waals surface area contributed by atoms with E-state index >= 15 is 0 Å². The first-order valence-electron chi connectivity index (χ1n) is 5.91. The number of carbonyl (C=O) groups is 2. The van der Waals surface area contributed by atoms with E-state index in [1.54, 1.807) is 11.9 Å². The lowest BCUT2D eigenvalue weighted by Crippen LogP contribution is -2.37. The summed E-state index contributed by atoms with van der Waals surface area (Å²) in [7, 11) is 1.70. The third-order valence-electron chi connectivity index (χ3n) is 3.19. The fourth-order valence-corrected chi connectivity index (χ4v) is 1.84. The second-order valence-electron chi connectivity index (χ2n) is 4.65. The summed E-state index contributed by atoms with van der Waals surface area (Å²) >= 11 is 0. The number of nitrogens with zero attached hydrogens (tertiary/aromatic N) is 2. The molecule has 1 aliphatic rings. The summed E-state index contributed by atoms with van der Waals surface area (Å²) in [6.07, 6.45) is 0. The molecule has 1 saturated heterocycles. The summed E-state index contributed by atoms with van der Waals surface area (Å²) in [5, 5.41) is 2.72. The van der Waals surface area contributed by atoms with E-state index in [9.17, 15) is 9.59 Å². The third-order valence-corrected chi connectivity index (χ3v) is 3.19. The van der Waals surface area contributed by atoms with Gasteiger partial charge in [0.25, 0.3) is 0 Å². The van der Waals surface area contributed by atoms with Gasteiger partial charge in [0.1, 0.15) is 0 Å². The quantitative estimate of drug-likeness (QED) is 0.827. The van der Waals surface area contributed by atoms with Crippen molar-refractivity contribution in [1.29, 1.82) is 0 Å². The molecule has 0 aromatic heterocycles. The van der Waals surface area contributed by atoms with Gasteiger partial charge < -0.3 is 10.2 Å². The molecule has 1 aliphatic heterocycles. The van der Waals surface area contributed by atoms with Gasteiger partial charge in [-0.2, -0.15) is 0 Å². The third kappa shape index (κ3) is 2.30. The number of benzene rings is 1. The summed E-state index contributed by atoms with van der Waals surface area (Å²) < 4.78 is 0. The normalized spacial score (nSPS) is 19.3. The van der Waals surface area contributed by atoms with E-state index in [1.165, 1.54) is 4.90 Å². The molecule has 1 heterocycles. The average Bonchev–Trinajstić information content (AvgIpc) is 2.60. The highest BCUT2D eigenvalue weighted by Gasteiger charge is 2.35. The van der Waals surface area contributed by atoms with Gasteiger partial charge in [-0.05, 0) is 26.0 Å². The average molecular weight is 247 g/mol. The van der Waals surface area contributed by atoms with E-state index in [4.69, 9.17) is 0 Å². The summed E-state index contributed by atoms with van der Waals surface area (Å²) in [5.41, 5.74) is 1.82. The molecule has 5 heteroatoms. The van der Waals surface area contributed by atoms with Crippen LogP contribution in [0, 0.1) is 6.92 Å². The van der Waals surface area contributed by atoms with Crippen molar-refractivity contribution in [1.82, 2.24) is 9.80 Å². The number of likely N-dealkylation sites (N-methyl/N-ethyl adjacent to an activating group) is 1. The van der Waals surface area contributed by atoms with Gasteiger partial charge in [-0.1, -0.05) is 17.7 Å². The van der Waals surface area contributed by atoms with Crippen molar-refractivity contribution in [3.05, 3.63) is 29.8 Å². The molecule has 4 amide bonds. The molecule has 1 aromatic rings. The van der Waals surface area contributed by atoms with Crippen LogP contribution in [0.15, 0.2) is 24.3 Å². The molecule has 1 N–H and O–H groups in total. The summed E-state index contributed by atoms with van der Waals surface area (Å²) in [6.45, 7) is 4.32. The number of rotatable bonds is 1. The number of urea groups is 2. The van der Waals surface area contributed by atoms with Crippen molar-refractivity contribution < 1.29 is 9.59 Å². The maximum absolute atomic E-state index is 12.0. The van der Waals surface area contributed by atoms with E-state index in [-0.39, 0.29) is 18.1 Å². The minimum Gasteiger partial charge on any atom is -0.323 e. The first-order valence-corrected chi connectivity index (χ1v) is 5.91. The molecule has 96 valence electrons. The predicted molar refractivity (Wildman–Crippen MR) is 69.5 cm³/mol. The molecular formula is C13H17N3O2. The van der Waals surface area contributed by atoms with E-state index in [0.717, 1.165) is 5.56 Å². The highest BCUT2D eigenvalue weighted by Crippen LogP contribution is 2.16. The van der Waals surface area contributed by atoms with Crippen LogP contribution in [0.1, 0.15) is 12.5 Å². The van der Waals surface area contributed by atoms with Crippen molar-refractivity contribution in [3.8, 4) is 0 Å². The van der Waals surface area contributed by atoms with E-state index in [0.29, 0.717) is 12.2 Å². The minimum absolute atomic E-state index is 0.0567. The lowest BCUT2D eigenvalue weighted by Gasteiger charge is -2.15. The monoisotopic (exact) mass is 247 g/mol. The van der Waals surface area contributed by atoms with Crippen LogP contribution < -0.4 is 5.32 Å². The Hall–Kier alpha value is -2.04. The number of hydrogen-bond acceptors (Lipinski definition) is 2. The number of nitrogens with one attached hydrogen (secondary N) is 1. The van der Waals surface area contributed by atoms with Crippen LogP contribution in [0.4, 0.5) is 15.3 Å². The topological polar surface area (TPSA) is 52.7 Å². The van der Waals surface area contributed by atoms with Crippen molar-refractivity contribution in [2.75, 3.05) is 18.9 Å². The van der Waals surface area contributed by atoms with Crippen LogP contribution in [-0.2, 0) is 0 Å². The second-order valence-corrected chi connectivity index (χ2v) is 4.65. The van der Waals surface area contributed by atoms with Crippen LogP contribution >= 0.6 is 0 Å². The molecule has 1 aromatic carbocycles. The number of amides is 4. The van der Waals surface area contributed by atoms with Gasteiger partial charge in [-0.25, -0.2) is 14.5 Å². The van der Waals surface area contributed by atoms with Gasteiger partial charge in [0.2, 0.25) is 0 Å². The number of carbonyl (C=O) groups excluding carboxylic acids is 2. The number of anilines is 1. The predicted octanol–water partition coefficient (Wildman–Crippen LogP) is 2.28. The summed E-state index contributed by atoms with van der Waals surface area (Å²) in [5.74, 6) is 0. The molecule has 1 fully saturated rings. The molecular weight excluding hydrogens is 230 g/mol. The summed E-state index contributed by atoms with van der Waals surface area (Å²) in [4.78, 5) is 26.6. The van der Waals surface area contributed by atoms with Crippen molar-refractivity contribution >= 4 is 17.7 Å². The molecule has 0 saturated carbocycles. The van der Waals surface area contributed by atoms with Crippen LogP contribution in [0.25, 0.3) is 0 Å². The SMILES string of the molecule is Cc1ccc(NC(=O)N2CC(C)N(C)C2=O)cc1. The minimum atomic E-state index is -0.375. The zero-order valence-electron chi connectivity index (χ0n) is 10.8. The van der Waals surface area contributed by atoms with E-state index in [1.807, 2.05) is 38.1 Å². The largest absolute Gasteiger partial charge is 0.330 e. The molecule has 0 aliphatic carbocycles. The molecule has 1 unspecified atom stereocenters. The lowest BCUT2D eigenvalue weighted by molar-refractivity contribution is 0.194. The van der Waals surface area contributed by atoms with Gasteiger partial charge in [0.05, 0.1) is 6.54 Å². The van der Waals surface area contributed by atoms with Gasteiger partial charge >= 0.3 is 12.1 Å². The van der Waals surface area contributed by atoms with E-state index < -0.39 is 0 Å². The van der Waals surface area contributed by atoms with Crippen LogP contribution in [0.2, 0.25) is 0 Å². The summed E-state index contributed by atoms with van der Waals surface area (Å²) in [6, 6.07) is 6.89. The van der Waals surface area contributed by atoms with Crippen LogP contribution in [-0.4, -0.2) is 41.5 Å². The smallest absolute Gasteiger partial charge is 0.323 e. The van der Waals surface area contributed by atoms with Crippen LogP contribution in [0.5, 0.6) is 0 Å². The van der Waals surface area contributed by atoms with Crippen LogP contribution in [0.3, 0.4) is 0 Å². The Kier molecular flexibility index (Phi) is 3.23. The Morgan fingerprint density at radius 3 is 2.44 bits per heavy atom. The first kappa shape index (κ1) is 12.4. The van der Waals surface area contributed by atoms with E-state index in [2.05, 4.69) is 5.32 Å². The molecule has 2 rings (SSSR count). The van der Waals surface area contributed by atoms with Crippen molar-refractivity contribution in [3.63, 3.8) is 0 Å². The highest BCUT2D eigenvalue weighted by atomic mass is 16.2. The number of hydrogen-bond donors (Lipinski definition) is 1.